The van der Waals surface area contributed by atoms with Crippen LogP contribution in [0.5, 0.6) is 23.0 Å². The highest BCUT2D eigenvalue weighted by Crippen LogP contribution is 2.38. The standard InChI is InChI=1S/C23H25NO5/c1-26-19-8-5-16(14-21(19)27-2)6-10-23(25)24-11-3-4-18(24)17-7-9-20-22(15-17)29-13-12-28-20/h5-10,14-15,18H,3-4,11-13H2,1-2H3/b10-6+/t18-/m0/s1. The van der Waals surface area contributed by atoms with E-state index in [1.165, 1.54) is 0 Å². The summed E-state index contributed by atoms with van der Waals surface area (Å²) in [7, 11) is 3.20. The highest BCUT2D eigenvalue weighted by atomic mass is 16.6. The predicted octanol–water partition coefficient (Wildman–Crippen LogP) is 3.85. The van der Waals surface area contributed by atoms with Gasteiger partial charge in [0.1, 0.15) is 13.2 Å². The summed E-state index contributed by atoms with van der Waals surface area (Å²) in [5.74, 6) is 2.82. The van der Waals surface area contributed by atoms with Crippen molar-refractivity contribution < 1.29 is 23.7 Å². The van der Waals surface area contributed by atoms with Crippen LogP contribution in [-0.2, 0) is 4.79 Å². The molecule has 2 heterocycles. The quantitative estimate of drug-likeness (QED) is 0.720. The third-order valence-electron chi connectivity index (χ3n) is 5.31. The van der Waals surface area contributed by atoms with Crippen molar-refractivity contribution in [2.45, 2.75) is 18.9 Å². The van der Waals surface area contributed by atoms with E-state index in [0.717, 1.165) is 42.0 Å². The van der Waals surface area contributed by atoms with Gasteiger partial charge in [0.2, 0.25) is 5.91 Å². The molecule has 152 valence electrons. The summed E-state index contributed by atoms with van der Waals surface area (Å²) in [6, 6.07) is 11.6. The molecule has 0 unspecified atom stereocenters. The van der Waals surface area contributed by atoms with E-state index in [2.05, 4.69) is 0 Å². The van der Waals surface area contributed by atoms with Gasteiger partial charge in [-0.25, -0.2) is 0 Å². The molecule has 29 heavy (non-hydrogen) atoms. The molecule has 6 nitrogen and oxygen atoms in total. The summed E-state index contributed by atoms with van der Waals surface area (Å²) in [4.78, 5) is 14.8. The Morgan fingerprint density at radius 2 is 1.83 bits per heavy atom. The Hall–Kier alpha value is -3.15. The van der Waals surface area contributed by atoms with Crippen molar-refractivity contribution in [2.75, 3.05) is 34.0 Å². The lowest BCUT2D eigenvalue weighted by Gasteiger charge is -2.26. The maximum Gasteiger partial charge on any atom is 0.247 e. The summed E-state index contributed by atoms with van der Waals surface area (Å²) in [5.41, 5.74) is 1.96. The first-order chi connectivity index (χ1) is 14.2. The van der Waals surface area contributed by atoms with E-state index < -0.39 is 0 Å². The molecule has 2 aliphatic heterocycles. The Morgan fingerprint density at radius 1 is 1.03 bits per heavy atom. The molecule has 4 rings (SSSR count). The Bertz CT molecular complexity index is 923. The van der Waals surface area contributed by atoms with Crippen LogP contribution in [0.3, 0.4) is 0 Å². The van der Waals surface area contributed by atoms with Gasteiger partial charge in [-0.1, -0.05) is 12.1 Å². The summed E-state index contributed by atoms with van der Waals surface area (Å²) in [6.45, 7) is 1.87. The molecule has 1 amide bonds. The number of ether oxygens (including phenoxy) is 4. The number of rotatable bonds is 5. The predicted molar refractivity (Wildman–Crippen MR) is 110 cm³/mol. The second kappa shape index (κ2) is 8.47. The maximum atomic E-state index is 12.9. The van der Waals surface area contributed by atoms with Crippen molar-refractivity contribution in [1.82, 2.24) is 4.90 Å². The Morgan fingerprint density at radius 3 is 2.62 bits per heavy atom. The second-order valence-corrected chi connectivity index (χ2v) is 7.04. The van der Waals surface area contributed by atoms with E-state index in [4.69, 9.17) is 18.9 Å². The first-order valence-corrected chi connectivity index (χ1v) is 9.80. The number of hydrogen-bond donors (Lipinski definition) is 0. The topological polar surface area (TPSA) is 57.2 Å². The van der Waals surface area contributed by atoms with Gasteiger partial charge < -0.3 is 23.8 Å². The normalized spacial score (nSPS) is 18.1. The minimum absolute atomic E-state index is 0.00262. The van der Waals surface area contributed by atoms with Gasteiger partial charge in [0.25, 0.3) is 0 Å². The van der Waals surface area contributed by atoms with E-state index in [1.807, 2.05) is 47.4 Å². The molecule has 6 heteroatoms. The Kier molecular flexibility index (Phi) is 5.60. The molecular weight excluding hydrogens is 370 g/mol. The van der Waals surface area contributed by atoms with Crippen molar-refractivity contribution >= 4 is 12.0 Å². The highest BCUT2D eigenvalue weighted by Gasteiger charge is 2.29. The van der Waals surface area contributed by atoms with E-state index in [1.54, 1.807) is 20.3 Å². The van der Waals surface area contributed by atoms with Crippen LogP contribution < -0.4 is 18.9 Å². The van der Waals surface area contributed by atoms with Crippen molar-refractivity contribution in [2.24, 2.45) is 0 Å². The van der Waals surface area contributed by atoms with Crippen molar-refractivity contribution in [1.29, 1.82) is 0 Å². The highest BCUT2D eigenvalue weighted by molar-refractivity contribution is 5.92. The van der Waals surface area contributed by atoms with Gasteiger partial charge in [-0.3, -0.25) is 4.79 Å². The van der Waals surface area contributed by atoms with Gasteiger partial charge in [0.15, 0.2) is 23.0 Å². The molecule has 2 aromatic carbocycles. The molecule has 0 spiro atoms. The summed E-state index contributed by atoms with van der Waals surface area (Å²) < 4.78 is 21.9. The summed E-state index contributed by atoms with van der Waals surface area (Å²) in [6.07, 6.45) is 5.35. The SMILES string of the molecule is COc1ccc(/C=C/C(=O)N2CCC[C@H]2c2ccc3c(c2)OCCO3)cc1OC. The van der Waals surface area contributed by atoms with Crippen molar-refractivity contribution in [3.8, 4) is 23.0 Å². The van der Waals surface area contributed by atoms with Crippen LogP contribution in [0.25, 0.3) is 6.08 Å². The van der Waals surface area contributed by atoms with Crippen LogP contribution in [0, 0.1) is 0 Å². The van der Waals surface area contributed by atoms with E-state index in [0.29, 0.717) is 24.7 Å². The molecule has 2 aromatic rings. The minimum Gasteiger partial charge on any atom is -0.493 e. The molecule has 0 aromatic heterocycles. The molecule has 0 aliphatic carbocycles. The second-order valence-electron chi connectivity index (χ2n) is 7.04. The number of carbonyl (C=O) groups excluding carboxylic acids is 1. The zero-order valence-electron chi connectivity index (χ0n) is 16.7. The first-order valence-electron chi connectivity index (χ1n) is 9.80. The van der Waals surface area contributed by atoms with Crippen LogP contribution in [-0.4, -0.2) is 44.8 Å². The van der Waals surface area contributed by atoms with Crippen LogP contribution in [0.4, 0.5) is 0 Å². The molecule has 0 bridgehead atoms. The van der Waals surface area contributed by atoms with Crippen LogP contribution >= 0.6 is 0 Å². The van der Waals surface area contributed by atoms with E-state index in [-0.39, 0.29) is 11.9 Å². The van der Waals surface area contributed by atoms with Crippen molar-refractivity contribution in [3.05, 3.63) is 53.6 Å². The molecular formula is C23H25NO5. The Labute approximate surface area is 170 Å². The number of methoxy groups -OCH3 is 2. The fourth-order valence-electron chi connectivity index (χ4n) is 3.86. The van der Waals surface area contributed by atoms with Gasteiger partial charge >= 0.3 is 0 Å². The van der Waals surface area contributed by atoms with E-state index in [9.17, 15) is 4.79 Å². The van der Waals surface area contributed by atoms with Gasteiger partial charge in [-0.15, -0.1) is 0 Å². The zero-order valence-corrected chi connectivity index (χ0v) is 16.7. The lowest BCUT2D eigenvalue weighted by atomic mass is 10.0. The number of likely N-dealkylation sites (tertiary alicyclic amines) is 1. The number of nitrogens with zero attached hydrogens (tertiary/aromatic N) is 1. The lowest BCUT2D eigenvalue weighted by molar-refractivity contribution is -0.126. The largest absolute Gasteiger partial charge is 0.493 e. The summed E-state index contributed by atoms with van der Waals surface area (Å²) in [5, 5.41) is 0. The maximum absolute atomic E-state index is 12.9. The fraction of sp³-hybridized carbons (Fsp3) is 0.348. The van der Waals surface area contributed by atoms with Gasteiger partial charge in [0, 0.05) is 12.6 Å². The molecule has 1 fully saturated rings. The van der Waals surface area contributed by atoms with E-state index >= 15 is 0 Å². The average molecular weight is 395 g/mol. The molecule has 1 saturated heterocycles. The minimum atomic E-state index is -0.00262. The fourth-order valence-corrected chi connectivity index (χ4v) is 3.86. The van der Waals surface area contributed by atoms with Crippen LogP contribution in [0.2, 0.25) is 0 Å². The molecule has 0 radical (unpaired) electrons. The first kappa shape index (κ1) is 19.2. The number of fused-ring (bicyclic) bond motifs is 1. The lowest BCUT2D eigenvalue weighted by Crippen LogP contribution is -2.29. The van der Waals surface area contributed by atoms with Crippen LogP contribution in [0.15, 0.2) is 42.5 Å². The number of carbonyl (C=O) groups is 1. The van der Waals surface area contributed by atoms with Gasteiger partial charge in [-0.2, -0.15) is 0 Å². The smallest absolute Gasteiger partial charge is 0.247 e. The molecule has 2 aliphatic rings. The molecule has 0 saturated carbocycles. The van der Waals surface area contributed by atoms with Crippen molar-refractivity contribution in [3.63, 3.8) is 0 Å². The monoisotopic (exact) mass is 395 g/mol. The Balaban J connectivity index is 1.50. The third-order valence-corrected chi connectivity index (χ3v) is 5.31. The number of amides is 1. The zero-order chi connectivity index (χ0) is 20.2. The number of benzene rings is 2. The average Bonchev–Trinajstić information content (AvgIpc) is 3.27. The molecule has 1 atom stereocenters. The number of hydrogen-bond acceptors (Lipinski definition) is 5. The third kappa shape index (κ3) is 4.01. The van der Waals surface area contributed by atoms with Gasteiger partial charge in [-0.05, 0) is 54.3 Å². The summed E-state index contributed by atoms with van der Waals surface area (Å²) >= 11 is 0. The van der Waals surface area contributed by atoms with Gasteiger partial charge in [0.05, 0.1) is 20.3 Å². The van der Waals surface area contributed by atoms with Crippen LogP contribution in [0.1, 0.15) is 30.0 Å². The molecule has 0 N–H and O–H groups in total.